The Labute approximate surface area is 170 Å². The number of carbonyl (C=O) groups excluding carboxylic acids is 1. The number of ether oxygens (including phenoxy) is 2. The van der Waals surface area contributed by atoms with Crippen LogP contribution < -0.4 is 9.64 Å². The van der Waals surface area contributed by atoms with Crippen LogP contribution in [0.2, 0.25) is 0 Å². The number of thiophene rings is 1. The van der Waals surface area contributed by atoms with Gasteiger partial charge in [-0.2, -0.15) is 8.78 Å². The fourth-order valence-corrected chi connectivity index (χ4v) is 4.24. The second-order valence-corrected chi connectivity index (χ2v) is 7.61. The molecule has 0 radical (unpaired) electrons. The Balaban J connectivity index is 1.46. The minimum absolute atomic E-state index is 0.0628. The number of hydrogen-bond donors (Lipinski definition) is 0. The molecule has 152 valence electrons. The van der Waals surface area contributed by atoms with Crippen LogP contribution in [0.25, 0.3) is 10.2 Å². The fourth-order valence-electron chi connectivity index (χ4n) is 3.51. The summed E-state index contributed by atoms with van der Waals surface area (Å²) in [6, 6.07) is 7.63. The quantitative estimate of drug-likeness (QED) is 0.546. The molecule has 1 fully saturated rings. The van der Waals surface area contributed by atoms with Crippen molar-refractivity contribution in [3.05, 3.63) is 47.6 Å². The molecule has 0 aliphatic carbocycles. The number of rotatable bonds is 6. The van der Waals surface area contributed by atoms with E-state index in [2.05, 4.69) is 14.7 Å². The van der Waals surface area contributed by atoms with Gasteiger partial charge in [0.25, 0.3) is 0 Å². The molecule has 1 aliphatic heterocycles. The van der Waals surface area contributed by atoms with Crippen molar-refractivity contribution in [1.82, 2.24) is 9.97 Å². The lowest BCUT2D eigenvalue weighted by Crippen LogP contribution is -2.38. The molecule has 1 aromatic carbocycles. The summed E-state index contributed by atoms with van der Waals surface area (Å²) in [5.74, 6) is 0.481. The first kappa shape index (κ1) is 19.5. The predicted octanol–water partition coefficient (Wildman–Crippen LogP) is 4.57. The molecule has 29 heavy (non-hydrogen) atoms. The van der Waals surface area contributed by atoms with Crippen molar-refractivity contribution in [2.45, 2.75) is 38.5 Å². The number of nitrogens with zero attached hydrogens (tertiary/aromatic N) is 3. The molecule has 1 saturated heterocycles. The third kappa shape index (κ3) is 4.14. The summed E-state index contributed by atoms with van der Waals surface area (Å²) in [5.41, 5.74) is 0.701. The first-order valence-electron chi connectivity index (χ1n) is 9.23. The molecule has 9 heteroatoms. The van der Waals surface area contributed by atoms with Crippen molar-refractivity contribution in [3.63, 3.8) is 0 Å². The van der Waals surface area contributed by atoms with Gasteiger partial charge in [0.1, 0.15) is 34.9 Å². The van der Waals surface area contributed by atoms with Gasteiger partial charge in [-0.25, -0.2) is 14.8 Å². The second kappa shape index (κ2) is 8.28. The second-order valence-electron chi connectivity index (χ2n) is 6.71. The highest BCUT2D eigenvalue weighted by Crippen LogP contribution is 2.33. The maximum absolute atomic E-state index is 12.9. The molecule has 6 nitrogen and oxygen atoms in total. The van der Waals surface area contributed by atoms with Crippen molar-refractivity contribution in [2.24, 2.45) is 0 Å². The SMILES string of the molecule is CC(OC(=O)C1CCCN1c1ncnc2sccc12)c1ccc(OC(F)F)cc1. The van der Waals surface area contributed by atoms with Gasteiger partial charge in [0, 0.05) is 6.54 Å². The fraction of sp³-hybridized carbons (Fsp3) is 0.350. The first-order valence-corrected chi connectivity index (χ1v) is 10.1. The van der Waals surface area contributed by atoms with E-state index in [-0.39, 0.29) is 11.7 Å². The normalized spacial score (nSPS) is 17.7. The number of carbonyl (C=O) groups is 1. The average Bonchev–Trinajstić information content (AvgIpc) is 3.37. The summed E-state index contributed by atoms with van der Waals surface area (Å²) in [4.78, 5) is 24.4. The van der Waals surface area contributed by atoms with Crippen LogP contribution in [0.5, 0.6) is 5.75 Å². The molecule has 1 aliphatic rings. The van der Waals surface area contributed by atoms with Crippen LogP contribution in [0.15, 0.2) is 42.0 Å². The third-order valence-electron chi connectivity index (χ3n) is 4.91. The Kier molecular flexibility index (Phi) is 5.57. The number of benzene rings is 1. The van der Waals surface area contributed by atoms with E-state index in [4.69, 9.17) is 4.74 Å². The van der Waals surface area contributed by atoms with Crippen molar-refractivity contribution in [3.8, 4) is 5.75 Å². The van der Waals surface area contributed by atoms with E-state index in [1.54, 1.807) is 19.1 Å². The van der Waals surface area contributed by atoms with Gasteiger partial charge in [0.05, 0.1) is 5.39 Å². The molecular formula is C20H19F2N3O3S. The molecule has 0 bridgehead atoms. The zero-order valence-electron chi connectivity index (χ0n) is 15.6. The summed E-state index contributed by atoms with van der Waals surface area (Å²) in [6.45, 7) is -0.404. The Bertz CT molecular complexity index is 996. The molecule has 0 saturated carbocycles. The summed E-state index contributed by atoms with van der Waals surface area (Å²) < 4.78 is 34.6. The summed E-state index contributed by atoms with van der Waals surface area (Å²) in [7, 11) is 0. The number of esters is 1. The van der Waals surface area contributed by atoms with E-state index in [0.717, 1.165) is 29.0 Å². The van der Waals surface area contributed by atoms with E-state index in [0.29, 0.717) is 12.0 Å². The lowest BCUT2D eigenvalue weighted by molar-refractivity contribution is -0.150. The highest BCUT2D eigenvalue weighted by Gasteiger charge is 2.34. The molecule has 0 amide bonds. The van der Waals surface area contributed by atoms with Crippen molar-refractivity contribution < 1.29 is 23.0 Å². The van der Waals surface area contributed by atoms with Crippen molar-refractivity contribution in [1.29, 1.82) is 0 Å². The van der Waals surface area contributed by atoms with Gasteiger partial charge in [-0.1, -0.05) is 12.1 Å². The minimum atomic E-state index is -2.87. The van der Waals surface area contributed by atoms with Crippen LogP contribution in [-0.2, 0) is 9.53 Å². The standard InChI is InChI=1S/C20H19F2N3O3S/c1-12(13-4-6-14(7-5-13)28-20(21)22)27-19(26)16-3-2-9-25(16)17-15-8-10-29-18(15)24-11-23-17/h4-8,10-12,16,20H,2-3,9H2,1H3. The lowest BCUT2D eigenvalue weighted by atomic mass is 10.1. The number of fused-ring (bicyclic) bond motifs is 1. The highest BCUT2D eigenvalue weighted by molar-refractivity contribution is 7.16. The maximum Gasteiger partial charge on any atom is 0.387 e. The van der Waals surface area contributed by atoms with Crippen LogP contribution in [0.4, 0.5) is 14.6 Å². The molecular weight excluding hydrogens is 400 g/mol. The molecule has 2 unspecified atom stereocenters. The van der Waals surface area contributed by atoms with Gasteiger partial charge < -0.3 is 14.4 Å². The molecule has 0 N–H and O–H groups in total. The number of anilines is 1. The van der Waals surface area contributed by atoms with E-state index in [9.17, 15) is 13.6 Å². The molecule has 2 aromatic heterocycles. The first-order chi connectivity index (χ1) is 14.0. The van der Waals surface area contributed by atoms with E-state index in [1.165, 1.54) is 29.8 Å². The van der Waals surface area contributed by atoms with Gasteiger partial charge in [0.15, 0.2) is 0 Å². The summed E-state index contributed by atoms with van der Waals surface area (Å²) in [5, 5.41) is 2.88. The molecule has 4 rings (SSSR count). The summed E-state index contributed by atoms with van der Waals surface area (Å²) in [6.07, 6.45) is 2.55. The van der Waals surface area contributed by atoms with Crippen LogP contribution in [-0.4, -0.2) is 35.1 Å². The third-order valence-corrected chi connectivity index (χ3v) is 5.73. The van der Waals surface area contributed by atoms with Gasteiger partial charge in [-0.05, 0) is 48.9 Å². The van der Waals surface area contributed by atoms with Gasteiger partial charge in [-0.3, -0.25) is 0 Å². The zero-order chi connectivity index (χ0) is 20.4. The largest absolute Gasteiger partial charge is 0.456 e. The van der Waals surface area contributed by atoms with Gasteiger partial charge >= 0.3 is 12.6 Å². The van der Waals surface area contributed by atoms with Crippen LogP contribution in [0.1, 0.15) is 31.4 Å². The zero-order valence-corrected chi connectivity index (χ0v) is 16.4. The van der Waals surface area contributed by atoms with Gasteiger partial charge in [0.2, 0.25) is 0 Å². The van der Waals surface area contributed by atoms with E-state index >= 15 is 0 Å². The molecule has 2 atom stereocenters. The van der Waals surface area contributed by atoms with Gasteiger partial charge in [-0.15, -0.1) is 11.3 Å². The van der Waals surface area contributed by atoms with Crippen LogP contribution >= 0.6 is 11.3 Å². The lowest BCUT2D eigenvalue weighted by Gasteiger charge is -2.26. The molecule has 3 heterocycles. The summed E-state index contributed by atoms with van der Waals surface area (Å²) >= 11 is 1.53. The molecule has 3 aromatic rings. The monoisotopic (exact) mass is 419 g/mol. The highest BCUT2D eigenvalue weighted by atomic mass is 32.1. The number of aromatic nitrogens is 2. The van der Waals surface area contributed by atoms with Crippen molar-refractivity contribution in [2.75, 3.05) is 11.4 Å². The predicted molar refractivity (Wildman–Crippen MR) is 105 cm³/mol. The smallest absolute Gasteiger partial charge is 0.387 e. The Morgan fingerprint density at radius 2 is 2.03 bits per heavy atom. The number of hydrogen-bond acceptors (Lipinski definition) is 7. The van der Waals surface area contributed by atoms with E-state index < -0.39 is 18.8 Å². The van der Waals surface area contributed by atoms with E-state index in [1.807, 2.05) is 16.3 Å². The Hall–Kier alpha value is -2.81. The van der Waals surface area contributed by atoms with Crippen molar-refractivity contribution >= 4 is 33.3 Å². The maximum atomic E-state index is 12.9. The minimum Gasteiger partial charge on any atom is -0.456 e. The number of alkyl halides is 2. The van der Waals surface area contributed by atoms with Crippen LogP contribution in [0, 0.1) is 0 Å². The Morgan fingerprint density at radius 3 is 2.79 bits per heavy atom. The molecule has 0 spiro atoms. The topological polar surface area (TPSA) is 64.5 Å². The number of halogens is 2. The Morgan fingerprint density at radius 1 is 1.24 bits per heavy atom. The van der Waals surface area contributed by atoms with Crippen LogP contribution in [0.3, 0.4) is 0 Å². The average molecular weight is 419 g/mol.